The van der Waals surface area contributed by atoms with Crippen LogP contribution in [0.3, 0.4) is 0 Å². The zero-order valence-electron chi connectivity index (χ0n) is 6.68. The van der Waals surface area contributed by atoms with E-state index < -0.39 is 11.9 Å². The van der Waals surface area contributed by atoms with Crippen LogP contribution in [0.1, 0.15) is 6.42 Å². The molecule has 0 aromatic heterocycles. The summed E-state index contributed by atoms with van der Waals surface area (Å²) in [5.74, 6) is -0.723. The lowest BCUT2D eigenvalue weighted by Crippen LogP contribution is -2.43. The van der Waals surface area contributed by atoms with Crippen molar-refractivity contribution in [1.29, 1.82) is 0 Å². The van der Waals surface area contributed by atoms with Crippen molar-refractivity contribution in [1.82, 2.24) is 10.6 Å². The molecule has 4 N–H and O–H groups in total. The summed E-state index contributed by atoms with van der Waals surface area (Å²) in [4.78, 5) is 21.3. The monoisotopic (exact) mass is 159 g/mol. The summed E-state index contributed by atoms with van der Waals surface area (Å²) in [6, 6.07) is -0.516. The van der Waals surface area contributed by atoms with E-state index in [1.54, 1.807) is 7.05 Å². The van der Waals surface area contributed by atoms with Crippen molar-refractivity contribution in [3.05, 3.63) is 0 Å². The van der Waals surface area contributed by atoms with E-state index in [1.165, 1.54) is 7.05 Å². The van der Waals surface area contributed by atoms with Gasteiger partial charge >= 0.3 is 0 Å². The summed E-state index contributed by atoms with van der Waals surface area (Å²) < 4.78 is 0. The lowest BCUT2D eigenvalue weighted by atomic mass is 10.2. The quantitative estimate of drug-likeness (QED) is 0.452. The van der Waals surface area contributed by atoms with Gasteiger partial charge in [0.05, 0.1) is 12.5 Å². The summed E-state index contributed by atoms with van der Waals surface area (Å²) in [6.07, 6.45) is 0.0240. The van der Waals surface area contributed by atoms with E-state index in [4.69, 9.17) is 5.73 Å². The average molecular weight is 159 g/mol. The minimum Gasteiger partial charge on any atom is -0.370 e. The van der Waals surface area contributed by atoms with Crippen LogP contribution in [0.2, 0.25) is 0 Å². The summed E-state index contributed by atoms with van der Waals surface area (Å²) in [5, 5.41) is 5.08. The minimum absolute atomic E-state index is 0.0240. The molecule has 5 nitrogen and oxygen atoms in total. The molecular formula is C6H13N3O2. The van der Waals surface area contributed by atoms with Crippen molar-refractivity contribution in [2.75, 3.05) is 14.1 Å². The zero-order chi connectivity index (χ0) is 8.85. The summed E-state index contributed by atoms with van der Waals surface area (Å²) >= 11 is 0. The first kappa shape index (κ1) is 9.90. The lowest BCUT2D eigenvalue weighted by Gasteiger charge is -2.11. The predicted octanol–water partition coefficient (Wildman–Crippen LogP) is -1.80. The van der Waals surface area contributed by atoms with Crippen LogP contribution in [0.5, 0.6) is 0 Å². The molecule has 0 saturated heterocycles. The van der Waals surface area contributed by atoms with Gasteiger partial charge in [0.25, 0.3) is 0 Å². The van der Waals surface area contributed by atoms with Gasteiger partial charge in [-0.3, -0.25) is 9.59 Å². The Morgan fingerprint density at radius 3 is 2.27 bits per heavy atom. The lowest BCUT2D eigenvalue weighted by molar-refractivity contribution is -0.126. The van der Waals surface area contributed by atoms with Gasteiger partial charge in [0.15, 0.2) is 0 Å². The second kappa shape index (κ2) is 4.68. The Labute approximate surface area is 65.3 Å². The fourth-order valence-corrected chi connectivity index (χ4v) is 0.701. The summed E-state index contributed by atoms with van der Waals surface area (Å²) in [6.45, 7) is 0. The fourth-order valence-electron chi connectivity index (χ4n) is 0.701. The van der Waals surface area contributed by atoms with E-state index >= 15 is 0 Å². The molecule has 0 radical (unpaired) electrons. The number of hydrogen-bond acceptors (Lipinski definition) is 3. The van der Waals surface area contributed by atoms with Crippen LogP contribution in [0.25, 0.3) is 0 Å². The fraction of sp³-hybridized carbons (Fsp3) is 0.667. The molecule has 0 unspecified atom stereocenters. The van der Waals surface area contributed by atoms with Gasteiger partial charge < -0.3 is 16.4 Å². The highest BCUT2D eigenvalue weighted by Crippen LogP contribution is 1.88. The van der Waals surface area contributed by atoms with E-state index in [2.05, 4.69) is 10.6 Å². The van der Waals surface area contributed by atoms with Crippen LogP contribution in [0, 0.1) is 0 Å². The standard InChI is InChI=1S/C6H13N3O2/c1-8-4(3-5(7)10)6(11)9-2/h4,8H,3H2,1-2H3,(H2,7,10)(H,9,11)/t4-/m0/s1. The number of likely N-dealkylation sites (N-methyl/N-ethyl adjacent to an activating group) is 2. The molecule has 0 aliphatic carbocycles. The Morgan fingerprint density at radius 1 is 1.45 bits per heavy atom. The molecule has 1 atom stereocenters. The van der Waals surface area contributed by atoms with Crippen LogP contribution < -0.4 is 16.4 Å². The van der Waals surface area contributed by atoms with Crippen LogP contribution in [-0.4, -0.2) is 32.0 Å². The molecule has 0 fully saturated rings. The van der Waals surface area contributed by atoms with Crippen LogP contribution >= 0.6 is 0 Å². The second-order valence-corrected chi connectivity index (χ2v) is 2.13. The molecule has 11 heavy (non-hydrogen) atoms. The van der Waals surface area contributed by atoms with Gasteiger partial charge in [-0.25, -0.2) is 0 Å². The first-order valence-corrected chi connectivity index (χ1v) is 3.29. The van der Waals surface area contributed by atoms with Crippen molar-refractivity contribution >= 4 is 11.8 Å². The van der Waals surface area contributed by atoms with Gasteiger partial charge in [0.2, 0.25) is 11.8 Å². The Balaban J connectivity index is 3.94. The maximum Gasteiger partial charge on any atom is 0.237 e. The predicted molar refractivity (Wildman–Crippen MR) is 40.7 cm³/mol. The molecule has 5 heteroatoms. The third-order valence-corrected chi connectivity index (χ3v) is 1.32. The first-order chi connectivity index (χ1) is 5.11. The van der Waals surface area contributed by atoms with E-state index in [9.17, 15) is 9.59 Å². The third-order valence-electron chi connectivity index (χ3n) is 1.32. The van der Waals surface area contributed by atoms with Crippen molar-refractivity contribution in [2.45, 2.75) is 12.5 Å². The van der Waals surface area contributed by atoms with Gasteiger partial charge in [0, 0.05) is 7.05 Å². The van der Waals surface area contributed by atoms with E-state index in [-0.39, 0.29) is 12.3 Å². The SMILES string of the molecule is CNC(=O)[C@H](CC(N)=O)NC. The zero-order valence-corrected chi connectivity index (χ0v) is 6.68. The largest absolute Gasteiger partial charge is 0.370 e. The molecule has 64 valence electrons. The smallest absolute Gasteiger partial charge is 0.237 e. The number of carbonyl (C=O) groups is 2. The Kier molecular flexibility index (Phi) is 4.21. The van der Waals surface area contributed by atoms with Crippen LogP contribution in [0.4, 0.5) is 0 Å². The summed E-state index contributed by atoms with van der Waals surface area (Å²) in [5.41, 5.74) is 4.90. The number of rotatable bonds is 4. The molecule has 0 aliphatic heterocycles. The van der Waals surface area contributed by atoms with Gasteiger partial charge in [-0.2, -0.15) is 0 Å². The van der Waals surface area contributed by atoms with Gasteiger partial charge in [-0.05, 0) is 7.05 Å². The molecule has 0 aromatic carbocycles. The molecule has 0 aliphatic rings. The second-order valence-electron chi connectivity index (χ2n) is 2.13. The molecule has 0 bridgehead atoms. The van der Waals surface area contributed by atoms with Crippen molar-refractivity contribution in [2.24, 2.45) is 5.73 Å². The van der Waals surface area contributed by atoms with Crippen molar-refractivity contribution in [3.8, 4) is 0 Å². The van der Waals surface area contributed by atoms with Crippen molar-refractivity contribution in [3.63, 3.8) is 0 Å². The van der Waals surface area contributed by atoms with E-state index in [0.717, 1.165) is 0 Å². The van der Waals surface area contributed by atoms with Gasteiger partial charge in [0.1, 0.15) is 0 Å². The van der Waals surface area contributed by atoms with E-state index in [0.29, 0.717) is 0 Å². The normalized spacial score (nSPS) is 12.2. The summed E-state index contributed by atoms with van der Waals surface area (Å²) in [7, 11) is 3.11. The number of amides is 2. The third kappa shape index (κ3) is 3.57. The highest BCUT2D eigenvalue weighted by molar-refractivity contribution is 5.87. The highest BCUT2D eigenvalue weighted by atomic mass is 16.2. The molecule has 0 rings (SSSR count). The number of nitrogens with two attached hydrogens (primary N) is 1. The van der Waals surface area contributed by atoms with Gasteiger partial charge in [-0.15, -0.1) is 0 Å². The number of carbonyl (C=O) groups excluding carboxylic acids is 2. The molecule has 0 spiro atoms. The van der Waals surface area contributed by atoms with E-state index in [1.807, 2.05) is 0 Å². The molecule has 2 amide bonds. The highest BCUT2D eigenvalue weighted by Gasteiger charge is 2.16. The molecule has 0 heterocycles. The maximum atomic E-state index is 10.9. The number of nitrogens with one attached hydrogen (secondary N) is 2. The van der Waals surface area contributed by atoms with Crippen molar-refractivity contribution < 1.29 is 9.59 Å². The number of hydrogen-bond donors (Lipinski definition) is 3. The van der Waals surface area contributed by atoms with Crippen LogP contribution in [0.15, 0.2) is 0 Å². The first-order valence-electron chi connectivity index (χ1n) is 3.29. The molecular weight excluding hydrogens is 146 g/mol. The Bertz CT molecular complexity index is 158. The maximum absolute atomic E-state index is 10.9. The number of primary amides is 1. The van der Waals surface area contributed by atoms with Crippen LogP contribution in [-0.2, 0) is 9.59 Å². The molecule has 0 saturated carbocycles. The average Bonchev–Trinajstić information content (AvgIpc) is 1.98. The minimum atomic E-state index is -0.516. The Hall–Kier alpha value is -1.10. The Morgan fingerprint density at radius 2 is 2.00 bits per heavy atom. The van der Waals surface area contributed by atoms with Gasteiger partial charge in [-0.1, -0.05) is 0 Å². The topological polar surface area (TPSA) is 84.2 Å². The molecule has 0 aromatic rings.